The summed E-state index contributed by atoms with van der Waals surface area (Å²) in [5.41, 5.74) is 2.10. The second-order valence-electron chi connectivity index (χ2n) is 7.81. The zero-order valence-corrected chi connectivity index (χ0v) is 18.3. The van der Waals surface area contributed by atoms with Gasteiger partial charge in [0, 0.05) is 44.4 Å². The summed E-state index contributed by atoms with van der Waals surface area (Å²) in [6.07, 6.45) is 2.51. The van der Waals surface area contributed by atoms with Crippen molar-refractivity contribution in [2.24, 2.45) is 0 Å². The molecule has 4 aromatic rings. The summed E-state index contributed by atoms with van der Waals surface area (Å²) in [5.74, 6) is 1.93. The summed E-state index contributed by atoms with van der Waals surface area (Å²) in [4.78, 5) is 25.1. The van der Waals surface area contributed by atoms with Crippen molar-refractivity contribution in [1.29, 1.82) is 0 Å². The van der Waals surface area contributed by atoms with Gasteiger partial charge in [-0.3, -0.25) is 9.69 Å². The molecule has 1 fully saturated rings. The predicted octanol–water partition coefficient (Wildman–Crippen LogP) is 2.01. The third-order valence-corrected chi connectivity index (χ3v) is 5.89. The van der Waals surface area contributed by atoms with Crippen molar-refractivity contribution < 1.29 is 9.47 Å². The van der Waals surface area contributed by atoms with Gasteiger partial charge < -0.3 is 14.0 Å². The summed E-state index contributed by atoms with van der Waals surface area (Å²) in [5, 5.41) is 5.17. The zero-order chi connectivity index (χ0) is 22.1. The number of pyridine rings is 1. The monoisotopic (exact) mass is 434 g/mol. The van der Waals surface area contributed by atoms with Gasteiger partial charge in [-0.25, -0.2) is 4.98 Å². The lowest BCUT2D eigenvalue weighted by Crippen LogP contribution is -2.39. The van der Waals surface area contributed by atoms with E-state index in [4.69, 9.17) is 9.47 Å². The first-order chi connectivity index (χ1) is 15.7. The number of hydrogen-bond donors (Lipinski definition) is 0. The van der Waals surface area contributed by atoms with E-state index >= 15 is 0 Å². The molecule has 0 N–H and O–H groups in total. The van der Waals surface area contributed by atoms with E-state index in [-0.39, 0.29) is 5.56 Å². The molecule has 0 amide bonds. The Morgan fingerprint density at radius 1 is 1.06 bits per heavy atom. The minimum Gasteiger partial charge on any atom is -0.497 e. The molecule has 1 aromatic carbocycles. The fourth-order valence-electron chi connectivity index (χ4n) is 4.08. The van der Waals surface area contributed by atoms with Crippen LogP contribution in [-0.4, -0.2) is 69.0 Å². The van der Waals surface area contributed by atoms with Crippen LogP contribution in [0.15, 0.2) is 41.3 Å². The minimum atomic E-state index is -0.0791. The van der Waals surface area contributed by atoms with Crippen LogP contribution in [0.3, 0.4) is 0 Å². The fraction of sp³-hybridized carbons (Fsp3) is 0.391. The van der Waals surface area contributed by atoms with Crippen molar-refractivity contribution in [3.05, 3.63) is 52.7 Å². The van der Waals surface area contributed by atoms with Gasteiger partial charge in [-0.05, 0) is 30.3 Å². The van der Waals surface area contributed by atoms with Gasteiger partial charge in [0.05, 0.1) is 36.9 Å². The summed E-state index contributed by atoms with van der Waals surface area (Å²) < 4.78 is 14.2. The van der Waals surface area contributed by atoms with Crippen LogP contribution in [0.2, 0.25) is 0 Å². The highest BCUT2D eigenvalue weighted by atomic mass is 16.5. The van der Waals surface area contributed by atoms with E-state index in [1.165, 1.54) is 0 Å². The smallest absolute Gasteiger partial charge is 0.262 e. The number of benzene rings is 1. The van der Waals surface area contributed by atoms with Crippen LogP contribution >= 0.6 is 0 Å². The summed E-state index contributed by atoms with van der Waals surface area (Å²) in [6, 6.07) is 9.52. The summed E-state index contributed by atoms with van der Waals surface area (Å²) in [6.45, 7) is 6.66. The first kappa shape index (κ1) is 20.6. The first-order valence-corrected chi connectivity index (χ1v) is 10.9. The van der Waals surface area contributed by atoms with E-state index < -0.39 is 0 Å². The van der Waals surface area contributed by atoms with Gasteiger partial charge in [-0.15, -0.1) is 5.10 Å². The van der Waals surface area contributed by atoms with Crippen molar-refractivity contribution in [2.75, 3.05) is 40.0 Å². The number of morpholine rings is 1. The van der Waals surface area contributed by atoms with Crippen molar-refractivity contribution in [3.63, 3.8) is 0 Å². The highest BCUT2D eigenvalue weighted by molar-refractivity contribution is 5.93. The number of rotatable bonds is 6. The van der Waals surface area contributed by atoms with Gasteiger partial charge in [0.15, 0.2) is 5.82 Å². The molecule has 9 nitrogen and oxygen atoms in total. The average Bonchev–Trinajstić information content (AvgIpc) is 3.26. The second kappa shape index (κ2) is 8.68. The number of aryl methyl sites for hydroxylation is 1. The number of hydrogen-bond acceptors (Lipinski definition) is 7. The topological polar surface area (TPSA) is 86.8 Å². The molecular weight excluding hydrogens is 408 g/mol. The maximum absolute atomic E-state index is 13.6. The van der Waals surface area contributed by atoms with Gasteiger partial charge in [0.1, 0.15) is 5.75 Å². The van der Waals surface area contributed by atoms with E-state index in [9.17, 15) is 4.79 Å². The van der Waals surface area contributed by atoms with Crippen molar-refractivity contribution >= 4 is 16.7 Å². The van der Waals surface area contributed by atoms with E-state index in [2.05, 4.69) is 20.0 Å². The van der Waals surface area contributed by atoms with Crippen LogP contribution in [-0.2, 0) is 17.7 Å². The molecule has 1 saturated heterocycles. The fourth-order valence-corrected chi connectivity index (χ4v) is 4.08. The molecule has 166 valence electrons. The molecule has 32 heavy (non-hydrogen) atoms. The van der Waals surface area contributed by atoms with Gasteiger partial charge in [0.2, 0.25) is 0 Å². The lowest BCUT2D eigenvalue weighted by molar-refractivity contribution is 0.0363. The Labute approximate surface area is 185 Å². The van der Waals surface area contributed by atoms with E-state index in [1.54, 1.807) is 16.2 Å². The Kier molecular flexibility index (Phi) is 5.59. The standard InChI is InChI=1S/C23H26N6O3/c1-3-19-25-23-24-18-8-9-28(11-10-27-12-14-32-15-13-27)22(30)20(18)21(29(23)26-19)16-4-6-17(31-2)7-5-16/h4-9H,3,10-15H2,1-2H3. The lowest BCUT2D eigenvalue weighted by atomic mass is 10.1. The SMILES string of the molecule is CCc1nc2nc3ccn(CCN4CCOCC4)c(=O)c3c(-c3ccc(OC)cc3)n2n1. The molecule has 0 unspecified atom stereocenters. The molecule has 0 atom stereocenters. The predicted molar refractivity (Wildman–Crippen MR) is 121 cm³/mol. The molecule has 1 aliphatic heterocycles. The molecular formula is C23H26N6O3. The van der Waals surface area contributed by atoms with Crippen LogP contribution in [0, 0.1) is 0 Å². The molecule has 0 aliphatic carbocycles. The maximum atomic E-state index is 13.6. The molecule has 3 aromatic heterocycles. The number of fused-ring (bicyclic) bond motifs is 2. The van der Waals surface area contributed by atoms with Crippen molar-refractivity contribution in [3.8, 4) is 17.0 Å². The van der Waals surface area contributed by atoms with E-state index in [0.717, 1.165) is 44.2 Å². The molecule has 0 radical (unpaired) electrons. The summed E-state index contributed by atoms with van der Waals surface area (Å²) in [7, 11) is 1.63. The molecule has 0 saturated carbocycles. The van der Waals surface area contributed by atoms with Crippen molar-refractivity contribution in [2.45, 2.75) is 19.9 Å². The van der Waals surface area contributed by atoms with E-state index in [1.807, 2.05) is 43.5 Å². The highest BCUT2D eigenvalue weighted by Crippen LogP contribution is 2.28. The average molecular weight is 435 g/mol. The molecule has 0 spiro atoms. The zero-order valence-electron chi connectivity index (χ0n) is 18.3. The third kappa shape index (κ3) is 3.74. The Balaban J connectivity index is 1.66. The molecule has 4 heterocycles. The number of methoxy groups -OCH3 is 1. The van der Waals surface area contributed by atoms with Crippen LogP contribution in [0.25, 0.3) is 27.9 Å². The lowest BCUT2D eigenvalue weighted by Gasteiger charge is -2.26. The molecule has 5 rings (SSSR count). The summed E-state index contributed by atoms with van der Waals surface area (Å²) >= 11 is 0. The Bertz CT molecular complexity index is 1310. The van der Waals surface area contributed by atoms with Crippen LogP contribution in [0.1, 0.15) is 12.7 Å². The van der Waals surface area contributed by atoms with Crippen LogP contribution < -0.4 is 10.3 Å². The molecule has 0 bridgehead atoms. The molecule has 1 aliphatic rings. The van der Waals surface area contributed by atoms with Crippen LogP contribution in [0.5, 0.6) is 5.75 Å². The third-order valence-electron chi connectivity index (χ3n) is 5.89. The number of aromatic nitrogens is 5. The van der Waals surface area contributed by atoms with E-state index in [0.29, 0.717) is 41.2 Å². The van der Waals surface area contributed by atoms with Gasteiger partial charge in [-0.1, -0.05) is 6.92 Å². The van der Waals surface area contributed by atoms with Gasteiger partial charge in [-0.2, -0.15) is 9.50 Å². The second-order valence-corrected chi connectivity index (χ2v) is 7.81. The Morgan fingerprint density at radius 2 is 1.84 bits per heavy atom. The largest absolute Gasteiger partial charge is 0.497 e. The van der Waals surface area contributed by atoms with Crippen LogP contribution in [0.4, 0.5) is 0 Å². The Morgan fingerprint density at radius 3 is 2.56 bits per heavy atom. The maximum Gasteiger partial charge on any atom is 0.262 e. The first-order valence-electron chi connectivity index (χ1n) is 10.9. The van der Waals surface area contributed by atoms with Gasteiger partial charge in [0.25, 0.3) is 11.3 Å². The number of ether oxygens (including phenoxy) is 2. The quantitative estimate of drug-likeness (QED) is 0.459. The Hall–Kier alpha value is -3.30. The molecule has 9 heteroatoms. The van der Waals surface area contributed by atoms with Gasteiger partial charge >= 0.3 is 0 Å². The van der Waals surface area contributed by atoms with Crippen molar-refractivity contribution in [1.82, 2.24) is 29.0 Å². The highest BCUT2D eigenvalue weighted by Gasteiger charge is 2.19. The normalized spacial score (nSPS) is 14.9. The minimum absolute atomic E-state index is 0.0791. The number of nitrogens with zero attached hydrogens (tertiary/aromatic N) is 6.